The van der Waals surface area contributed by atoms with Gasteiger partial charge in [-0.15, -0.1) is 11.3 Å². The van der Waals surface area contributed by atoms with Crippen molar-refractivity contribution in [3.8, 4) is 0 Å². The predicted octanol–water partition coefficient (Wildman–Crippen LogP) is 2.73. The number of hydrogen-bond acceptors (Lipinski definition) is 5. The van der Waals surface area contributed by atoms with Crippen LogP contribution in [0.5, 0.6) is 0 Å². The van der Waals surface area contributed by atoms with Crippen molar-refractivity contribution < 1.29 is 0 Å². The second kappa shape index (κ2) is 7.56. The summed E-state index contributed by atoms with van der Waals surface area (Å²) < 4.78 is 0. The number of likely N-dealkylation sites (N-methyl/N-ethyl adjacent to an activating group) is 2. The molecule has 5 heteroatoms. The monoisotopic (exact) mass is 310 g/mol. The molecule has 0 amide bonds. The molecular formula is C16H30N4S. The third-order valence-electron chi connectivity index (χ3n) is 4.20. The highest BCUT2D eigenvalue weighted by molar-refractivity contribution is 7.15. The first-order valence-electron chi connectivity index (χ1n) is 8.05. The average Bonchev–Trinajstić information content (AvgIpc) is 2.97. The maximum atomic E-state index is 4.76. The Morgan fingerprint density at radius 2 is 2.24 bits per heavy atom. The molecule has 1 fully saturated rings. The van der Waals surface area contributed by atoms with E-state index in [9.17, 15) is 0 Å². The lowest BCUT2D eigenvalue weighted by Gasteiger charge is -2.25. The third-order valence-corrected chi connectivity index (χ3v) is 5.47. The summed E-state index contributed by atoms with van der Waals surface area (Å²) in [6, 6.07) is 0.682. The van der Waals surface area contributed by atoms with Crippen molar-refractivity contribution in [3.63, 3.8) is 0 Å². The van der Waals surface area contributed by atoms with E-state index in [0.717, 1.165) is 24.8 Å². The van der Waals surface area contributed by atoms with Crippen molar-refractivity contribution in [2.45, 2.75) is 46.2 Å². The summed E-state index contributed by atoms with van der Waals surface area (Å²) in [5.74, 6) is 0.693. The fourth-order valence-electron chi connectivity index (χ4n) is 2.82. The van der Waals surface area contributed by atoms with Crippen LogP contribution in [-0.4, -0.2) is 49.7 Å². The molecule has 2 heterocycles. The molecule has 0 radical (unpaired) electrons. The summed E-state index contributed by atoms with van der Waals surface area (Å²) in [5.41, 5.74) is 1.18. The van der Waals surface area contributed by atoms with Gasteiger partial charge in [-0.1, -0.05) is 13.8 Å². The number of nitrogens with one attached hydrogen (secondary N) is 1. The predicted molar refractivity (Wildman–Crippen MR) is 92.3 cm³/mol. The second-order valence-corrected chi connectivity index (χ2v) is 7.75. The fraction of sp³-hybridized carbons (Fsp3) is 0.812. The summed E-state index contributed by atoms with van der Waals surface area (Å²) in [6.07, 6.45) is 2.64. The van der Waals surface area contributed by atoms with Gasteiger partial charge in [0.15, 0.2) is 5.13 Å². The summed E-state index contributed by atoms with van der Waals surface area (Å²) in [5, 5.41) is 4.68. The minimum atomic E-state index is 0.682. The molecule has 0 aromatic carbocycles. The van der Waals surface area contributed by atoms with E-state index in [1.807, 2.05) is 11.3 Å². The number of hydrogen-bond donors (Lipinski definition) is 1. The Morgan fingerprint density at radius 1 is 1.48 bits per heavy atom. The molecule has 1 aliphatic rings. The van der Waals surface area contributed by atoms with Gasteiger partial charge in [0.25, 0.3) is 0 Å². The molecule has 0 saturated carbocycles. The normalized spacial score (nSPS) is 19.6. The van der Waals surface area contributed by atoms with Crippen molar-refractivity contribution in [1.29, 1.82) is 0 Å². The molecule has 1 N–H and O–H groups in total. The first-order valence-corrected chi connectivity index (χ1v) is 8.87. The Labute approximate surface area is 133 Å². The van der Waals surface area contributed by atoms with E-state index in [0.29, 0.717) is 12.0 Å². The van der Waals surface area contributed by atoms with Crippen molar-refractivity contribution >= 4 is 16.5 Å². The first kappa shape index (κ1) is 16.7. The molecule has 0 aliphatic carbocycles. The minimum absolute atomic E-state index is 0.682. The highest BCUT2D eigenvalue weighted by Gasteiger charge is 2.23. The summed E-state index contributed by atoms with van der Waals surface area (Å²) >= 11 is 1.84. The molecule has 1 aromatic rings. The summed E-state index contributed by atoms with van der Waals surface area (Å²) in [4.78, 5) is 10.9. The van der Waals surface area contributed by atoms with Crippen LogP contribution in [-0.2, 0) is 6.54 Å². The molecule has 1 saturated heterocycles. The zero-order chi connectivity index (χ0) is 15.4. The lowest BCUT2D eigenvalue weighted by molar-refractivity contribution is 0.314. The maximum Gasteiger partial charge on any atom is 0.185 e. The molecule has 1 aromatic heterocycles. The number of aryl methyl sites for hydroxylation is 1. The molecule has 1 atom stereocenters. The number of likely N-dealkylation sites (tertiary alicyclic amines) is 1. The van der Waals surface area contributed by atoms with Gasteiger partial charge in [-0.3, -0.25) is 0 Å². The molecule has 0 spiro atoms. The van der Waals surface area contributed by atoms with E-state index < -0.39 is 0 Å². The van der Waals surface area contributed by atoms with Gasteiger partial charge >= 0.3 is 0 Å². The second-order valence-electron chi connectivity index (χ2n) is 6.69. The summed E-state index contributed by atoms with van der Waals surface area (Å²) in [7, 11) is 4.41. The molecule has 2 rings (SSSR count). The van der Waals surface area contributed by atoms with Crippen LogP contribution in [0.4, 0.5) is 5.13 Å². The number of thiazole rings is 1. The Balaban J connectivity index is 1.90. The Hall–Kier alpha value is -0.650. The SMILES string of the molecule is Cc1nc(N(C)CC2CCCN2C)sc1CNCC(C)C. The fourth-order valence-corrected chi connectivity index (χ4v) is 3.82. The van der Waals surface area contributed by atoms with Gasteiger partial charge < -0.3 is 15.1 Å². The van der Waals surface area contributed by atoms with Crippen molar-refractivity contribution in [2.75, 3.05) is 38.6 Å². The molecule has 1 unspecified atom stereocenters. The largest absolute Gasteiger partial charge is 0.350 e. The smallest absolute Gasteiger partial charge is 0.185 e. The van der Waals surface area contributed by atoms with E-state index >= 15 is 0 Å². The zero-order valence-corrected chi connectivity index (χ0v) is 15.0. The van der Waals surface area contributed by atoms with E-state index in [1.54, 1.807) is 0 Å². The van der Waals surface area contributed by atoms with Crippen LogP contribution in [0.3, 0.4) is 0 Å². The van der Waals surface area contributed by atoms with Crippen molar-refractivity contribution in [3.05, 3.63) is 10.6 Å². The Bertz CT molecular complexity index is 443. The van der Waals surface area contributed by atoms with E-state index in [1.165, 1.54) is 30.0 Å². The van der Waals surface area contributed by atoms with Crippen molar-refractivity contribution in [2.24, 2.45) is 5.92 Å². The molecule has 4 nitrogen and oxygen atoms in total. The van der Waals surface area contributed by atoms with Gasteiger partial charge in [0.1, 0.15) is 0 Å². The topological polar surface area (TPSA) is 31.4 Å². The number of aromatic nitrogens is 1. The lowest BCUT2D eigenvalue weighted by atomic mass is 10.2. The van der Waals surface area contributed by atoms with E-state index in [2.05, 4.69) is 50.0 Å². The van der Waals surface area contributed by atoms with Gasteiger partial charge in [0.2, 0.25) is 0 Å². The highest BCUT2D eigenvalue weighted by atomic mass is 32.1. The van der Waals surface area contributed by atoms with Gasteiger partial charge in [-0.05, 0) is 45.8 Å². The Kier molecular flexibility index (Phi) is 6.02. The molecule has 0 bridgehead atoms. The highest BCUT2D eigenvalue weighted by Crippen LogP contribution is 2.26. The lowest BCUT2D eigenvalue weighted by Crippen LogP contribution is -2.36. The van der Waals surface area contributed by atoms with E-state index in [4.69, 9.17) is 4.98 Å². The molecule has 21 heavy (non-hydrogen) atoms. The Morgan fingerprint density at radius 3 is 2.86 bits per heavy atom. The van der Waals surface area contributed by atoms with Crippen molar-refractivity contribution in [1.82, 2.24) is 15.2 Å². The van der Waals surface area contributed by atoms with Crippen LogP contribution in [0.1, 0.15) is 37.3 Å². The zero-order valence-electron chi connectivity index (χ0n) is 14.1. The van der Waals surface area contributed by atoms with Gasteiger partial charge in [-0.25, -0.2) is 4.98 Å². The molecule has 1 aliphatic heterocycles. The first-order chi connectivity index (χ1) is 9.97. The van der Waals surface area contributed by atoms with Gasteiger partial charge in [-0.2, -0.15) is 0 Å². The minimum Gasteiger partial charge on any atom is -0.350 e. The number of nitrogens with zero attached hydrogens (tertiary/aromatic N) is 3. The maximum absolute atomic E-state index is 4.76. The van der Waals surface area contributed by atoms with Gasteiger partial charge in [0.05, 0.1) is 5.69 Å². The molecular weight excluding hydrogens is 280 g/mol. The average molecular weight is 311 g/mol. The van der Waals surface area contributed by atoms with Crippen LogP contribution < -0.4 is 10.2 Å². The molecule has 120 valence electrons. The van der Waals surface area contributed by atoms with Crippen LogP contribution in [0.15, 0.2) is 0 Å². The van der Waals surface area contributed by atoms with Crippen LogP contribution >= 0.6 is 11.3 Å². The van der Waals surface area contributed by atoms with Gasteiger partial charge in [0, 0.05) is 31.1 Å². The standard InChI is InChI=1S/C16H30N4S/c1-12(2)9-17-10-15-13(3)18-16(21-15)20(5)11-14-7-6-8-19(14)4/h12,14,17H,6-11H2,1-5H3. The summed E-state index contributed by atoms with van der Waals surface area (Å²) in [6.45, 7) is 10.9. The quantitative estimate of drug-likeness (QED) is 0.839. The van der Waals surface area contributed by atoms with Crippen LogP contribution in [0, 0.1) is 12.8 Å². The number of anilines is 1. The number of rotatable bonds is 7. The third kappa shape index (κ3) is 4.66. The van der Waals surface area contributed by atoms with Crippen LogP contribution in [0.2, 0.25) is 0 Å². The van der Waals surface area contributed by atoms with Crippen LogP contribution in [0.25, 0.3) is 0 Å². The van der Waals surface area contributed by atoms with E-state index in [-0.39, 0.29) is 0 Å².